The van der Waals surface area contributed by atoms with Crippen LogP contribution in [-0.4, -0.2) is 0 Å². The summed E-state index contributed by atoms with van der Waals surface area (Å²) < 4.78 is 0.790. The van der Waals surface area contributed by atoms with Gasteiger partial charge in [0.05, 0.1) is 5.02 Å². The van der Waals surface area contributed by atoms with E-state index in [1.54, 1.807) is 12.1 Å². The largest absolute Gasteiger partial charge is 0.324 e. The standard InChI is InChI=1S/C8H8BrCl2N/c1-4(12)5-2-8(11)6(9)3-7(5)10/h2-4H,12H2,1H3. The Morgan fingerprint density at radius 3 is 2.42 bits per heavy atom. The lowest BCUT2D eigenvalue weighted by Crippen LogP contribution is -2.05. The molecule has 1 atom stereocenters. The summed E-state index contributed by atoms with van der Waals surface area (Å²) >= 11 is 15.1. The molecular weight excluding hydrogens is 261 g/mol. The first-order valence-corrected chi connectivity index (χ1v) is 4.97. The molecule has 0 aromatic heterocycles. The molecule has 1 unspecified atom stereocenters. The first-order valence-electron chi connectivity index (χ1n) is 3.42. The van der Waals surface area contributed by atoms with Crippen LogP contribution in [0.5, 0.6) is 0 Å². The predicted octanol–water partition coefficient (Wildman–Crippen LogP) is 3.78. The van der Waals surface area contributed by atoms with Crippen LogP contribution in [0.2, 0.25) is 10.0 Å². The van der Waals surface area contributed by atoms with E-state index in [2.05, 4.69) is 15.9 Å². The van der Waals surface area contributed by atoms with Crippen molar-refractivity contribution in [2.24, 2.45) is 5.73 Å². The molecule has 1 aromatic rings. The van der Waals surface area contributed by atoms with Gasteiger partial charge in [0.15, 0.2) is 0 Å². The summed E-state index contributed by atoms with van der Waals surface area (Å²) in [5, 5.41) is 1.27. The zero-order valence-corrected chi connectivity index (χ0v) is 9.54. The SMILES string of the molecule is CC(N)c1cc(Cl)c(Br)cc1Cl. The van der Waals surface area contributed by atoms with Gasteiger partial charge in [0.25, 0.3) is 0 Å². The molecule has 1 aromatic carbocycles. The summed E-state index contributed by atoms with van der Waals surface area (Å²) in [5.74, 6) is 0. The third-order valence-corrected chi connectivity index (χ3v) is 3.05. The maximum Gasteiger partial charge on any atom is 0.0552 e. The smallest absolute Gasteiger partial charge is 0.0552 e. The Labute approximate surface area is 90.0 Å². The monoisotopic (exact) mass is 267 g/mol. The van der Waals surface area contributed by atoms with Gasteiger partial charge in [-0.1, -0.05) is 23.2 Å². The van der Waals surface area contributed by atoms with Crippen LogP contribution < -0.4 is 5.73 Å². The van der Waals surface area contributed by atoms with E-state index >= 15 is 0 Å². The lowest BCUT2D eigenvalue weighted by molar-refractivity contribution is 0.818. The average Bonchev–Trinajstić information content (AvgIpc) is 1.96. The summed E-state index contributed by atoms with van der Waals surface area (Å²) in [6, 6.07) is 3.43. The summed E-state index contributed by atoms with van der Waals surface area (Å²) in [4.78, 5) is 0. The van der Waals surface area contributed by atoms with Crippen molar-refractivity contribution in [1.82, 2.24) is 0 Å². The highest BCUT2D eigenvalue weighted by atomic mass is 79.9. The van der Waals surface area contributed by atoms with Gasteiger partial charge in [-0.05, 0) is 40.5 Å². The third kappa shape index (κ3) is 2.13. The van der Waals surface area contributed by atoms with Crippen LogP contribution in [0.3, 0.4) is 0 Å². The van der Waals surface area contributed by atoms with Gasteiger partial charge in [0.2, 0.25) is 0 Å². The minimum Gasteiger partial charge on any atom is -0.324 e. The Morgan fingerprint density at radius 1 is 1.33 bits per heavy atom. The Morgan fingerprint density at radius 2 is 1.92 bits per heavy atom. The Balaban J connectivity index is 3.23. The second kappa shape index (κ2) is 3.97. The molecular formula is C8H8BrCl2N. The van der Waals surface area contributed by atoms with Crippen LogP contribution in [0.4, 0.5) is 0 Å². The molecule has 0 saturated heterocycles. The first kappa shape index (κ1) is 10.3. The number of halogens is 3. The van der Waals surface area contributed by atoms with E-state index in [9.17, 15) is 0 Å². The van der Waals surface area contributed by atoms with Crippen LogP contribution >= 0.6 is 39.1 Å². The number of hydrogen-bond donors (Lipinski definition) is 1. The minimum absolute atomic E-state index is 0.0944. The van der Waals surface area contributed by atoms with Crippen LogP contribution in [0, 0.1) is 0 Å². The van der Waals surface area contributed by atoms with Gasteiger partial charge in [0, 0.05) is 15.5 Å². The second-order valence-electron chi connectivity index (χ2n) is 2.58. The Kier molecular flexibility index (Phi) is 3.41. The van der Waals surface area contributed by atoms with E-state index in [0.29, 0.717) is 10.0 Å². The number of nitrogens with two attached hydrogens (primary N) is 1. The lowest BCUT2D eigenvalue weighted by Gasteiger charge is -2.09. The fourth-order valence-electron chi connectivity index (χ4n) is 0.887. The number of rotatable bonds is 1. The average molecular weight is 269 g/mol. The normalized spacial score (nSPS) is 13.1. The molecule has 0 radical (unpaired) electrons. The van der Waals surface area contributed by atoms with Crippen LogP contribution in [0.1, 0.15) is 18.5 Å². The van der Waals surface area contributed by atoms with E-state index in [-0.39, 0.29) is 6.04 Å². The number of hydrogen-bond acceptors (Lipinski definition) is 1. The van der Waals surface area contributed by atoms with Gasteiger partial charge < -0.3 is 5.73 Å². The number of benzene rings is 1. The van der Waals surface area contributed by atoms with Crippen molar-refractivity contribution < 1.29 is 0 Å². The van der Waals surface area contributed by atoms with E-state index in [1.807, 2.05) is 6.92 Å². The van der Waals surface area contributed by atoms with Crippen molar-refractivity contribution in [1.29, 1.82) is 0 Å². The van der Waals surface area contributed by atoms with Gasteiger partial charge >= 0.3 is 0 Å². The quantitative estimate of drug-likeness (QED) is 0.771. The van der Waals surface area contributed by atoms with Gasteiger partial charge in [-0.2, -0.15) is 0 Å². The molecule has 1 rings (SSSR count). The van der Waals surface area contributed by atoms with Gasteiger partial charge in [-0.3, -0.25) is 0 Å². The molecule has 0 fully saturated rings. The van der Waals surface area contributed by atoms with Crippen LogP contribution in [0.25, 0.3) is 0 Å². The van der Waals surface area contributed by atoms with Crippen LogP contribution in [-0.2, 0) is 0 Å². The van der Waals surface area contributed by atoms with Gasteiger partial charge in [-0.15, -0.1) is 0 Å². The van der Waals surface area contributed by atoms with Crippen molar-refractivity contribution in [3.8, 4) is 0 Å². The highest BCUT2D eigenvalue weighted by Gasteiger charge is 2.08. The topological polar surface area (TPSA) is 26.0 Å². The van der Waals surface area contributed by atoms with E-state index < -0.39 is 0 Å². The molecule has 0 aliphatic heterocycles. The summed E-state index contributed by atoms with van der Waals surface area (Å²) in [6.07, 6.45) is 0. The second-order valence-corrected chi connectivity index (χ2v) is 4.25. The van der Waals surface area contributed by atoms with Gasteiger partial charge in [-0.25, -0.2) is 0 Å². The lowest BCUT2D eigenvalue weighted by atomic mass is 10.1. The molecule has 66 valence electrons. The van der Waals surface area contributed by atoms with Gasteiger partial charge in [0.1, 0.15) is 0 Å². The van der Waals surface area contributed by atoms with Crippen molar-refractivity contribution >= 4 is 39.1 Å². The van der Waals surface area contributed by atoms with Crippen molar-refractivity contribution in [2.75, 3.05) is 0 Å². The molecule has 0 bridgehead atoms. The third-order valence-electron chi connectivity index (χ3n) is 1.53. The molecule has 2 N–H and O–H groups in total. The van der Waals surface area contributed by atoms with E-state index in [0.717, 1.165) is 10.0 Å². The van der Waals surface area contributed by atoms with Crippen molar-refractivity contribution in [3.63, 3.8) is 0 Å². The molecule has 0 heterocycles. The maximum atomic E-state index is 5.93. The molecule has 0 aliphatic rings. The zero-order chi connectivity index (χ0) is 9.30. The molecule has 0 saturated carbocycles. The van der Waals surface area contributed by atoms with Crippen molar-refractivity contribution in [3.05, 3.63) is 32.2 Å². The fraction of sp³-hybridized carbons (Fsp3) is 0.250. The molecule has 4 heteroatoms. The molecule has 0 amide bonds. The minimum atomic E-state index is -0.0944. The van der Waals surface area contributed by atoms with Crippen LogP contribution in [0.15, 0.2) is 16.6 Å². The molecule has 0 spiro atoms. The first-order chi connectivity index (χ1) is 5.52. The summed E-state index contributed by atoms with van der Waals surface area (Å²) in [6.45, 7) is 1.87. The highest BCUT2D eigenvalue weighted by molar-refractivity contribution is 9.10. The maximum absolute atomic E-state index is 5.93. The molecule has 0 aliphatic carbocycles. The molecule has 1 nitrogen and oxygen atoms in total. The summed E-state index contributed by atoms with van der Waals surface area (Å²) in [5.41, 5.74) is 6.54. The molecule has 12 heavy (non-hydrogen) atoms. The highest BCUT2D eigenvalue weighted by Crippen LogP contribution is 2.31. The van der Waals surface area contributed by atoms with Crippen molar-refractivity contribution in [2.45, 2.75) is 13.0 Å². The zero-order valence-electron chi connectivity index (χ0n) is 6.44. The Bertz CT molecular complexity index is 299. The Hall–Kier alpha value is 0.240. The van der Waals surface area contributed by atoms with E-state index in [4.69, 9.17) is 28.9 Å². The van der Waals surface area contributed by atoms with E-state index in [1.165, 1.54) is 0 Å². The summed E-state index contributed by atoms with van der Waals surface area (Å²) in [7, 11) is 0. The predicted molar refractivity (Wildman–Crippen MR) is 56.8 cm³/mol. The fourth-order valence-corrected chi connectivity index (χ4v) is 1.87.